The van der Waals surface area contributed by atoms with Crippen LogP contribution < -0.4 is 4.74 Å². The molecule has 0 fully saturated rings. The van der Waals surface area contributed by atoms with E-state index in [1.54, 1.807) is 18.2 Å². The van der Waals surface area contributed by atoms with Gasteiger partial charge in [0.05, 0.1) is 25.6 Å². The van der Waals surface area contributed by atoms with E-state index in [2.05, 4.69) is 0 Å². The summed E-state index contributed by atoms with van der Waals surface area (Å²) in [5, 5.41) is 0. The number of carbonyl (C=O) groups excluding carboxylic acids is 2. The molecular formula is C19H19NO6S. The summed E-state index contributed by atoms with van der Waals surface area (Å²) >= 11 is 0. The highest BCUT2D eigenvalue weighted by Gasteiger charge is 2.40. The van der Waals surface area contributed by atoms with Crippen LogP contribution in [0.25, 0.3) is 0 Å². The highest BCUT2D eigenvalue weighted by molar-refractivity contribution is 7.90. The summed E-state index contributed by atoms with van der Waals surface area (Å²) in [6, 6.07) is 11.5. The van der Waals surface area contributed by atoms with Gasteiger partial charge in [0.1, 0.15) is 17.3 Å². The van der Waals surface area contributed by atoms with Crippen LogP contribution in [0.5, 0.6) is 5.75 Å². The van der Waals surface area contributed by atoms with Crippen LogP contribution in [0.4, 0.5) is 0 Å². The van der Waals surface area contributed by atoms with Crippen molar-refractivity contribution in [2.45, 2.75) is 18.2 Å². The lowest BCUT2D eigenvalue weighted by Gasteiger charge is -2.15. The third-order valence-electron chi connectivity index (χ3n) is 4.24. The van der Waals surface area contributed by atoms with Crippen molar-refractivity contribution in [3.05, 3.63) is 59.2 Å². The number of ether oxygens (including phenoxy) is 2. The van der Waals surface area contributed by atoms with Gasteiger partial charge >= 0.3 is 5.97 Å². The van der Waals surface area contributed by atoms with Crippen LogP contribution in [0.15, 0.2) is 47.4 Å². The van der Waals surface area contributed by atoms with Crippen LogP contribution in [-0.2, 0) is 26.0 Å². The van der Waals surface area contributed by atoms with E-state index in [0.717, 1.165) is 9.87 Å². The molecular weight excluding hydrogens is 370 g/mol. The van der Waals surface area contributed by atoms with Gasteiger partial charge in [0.25, 0.3) is 15.9 Å². The van der Waals surface area contributed by atoms with Crippen molar-refractivity contribution < 1.29 is 27.5 Å². The smallest absolute Gasteiger partial charge is 0.310 e. The van der Waals surface area contributed by atoms with E-state index in [4.69, 9.17) is 9.47 Å². The van der Waals surface area contributed by atoms with Crippen molar-refractivity contribution in [1.29, 1.82) is 0 Å². The molecule has 0 N–H and O–H groups in total. The predicted octanol–water partition coefficient (Wildman–Crippen LogP) is 1.93. The third-order valence-corrected chi connectivity index (χ3v) is 6.08. The SMILES string of the molecule is COc1ccc(C)cc1CC(=O)OCCN1C(=O)c2ccccc2S1(=O)=O. The second kappa shape index (κ2) is 7.40. The molecule has 0 bridgehead atoms. The molecule has 8 heteroatoms. The van der Waals surface area contributed by atoms with Gasteiger partial charge in [-0.3, -0.25) is 9.59 Å². The Balaban J connectivity index is 1.62. The Morgan fingerprint density at radius 3 is 2.59 bits per heavy atom. The molecule has 3 rings (SSSR count). The van der Waals surface area contributed by atoms with Crippen molar-refractivity contribution >= 4 is 21.9 Å². The van der Waals surface area contributed by atoms with E-state index in [-0.39, 0.29) is 30.0 Å². The Hall–Kier alpha value is -2.87. The molecule has 1 amide bonds. The second-order valence-corrected chi connectivity index (χ2v) is 7.92. The van der Waals surface area contributed by atoms with E-state index in [0.29, 0.717) is 11.3 Å². The molecule has 142 valence electrons. The molecule has 27 heavy (non-hydrogen) atoms. The first kappa shape index (κ1) is 18.9. The third kappa shape index (κ3) is 3.66. The average molecular weight is 389 g/mol. The molecule has 0 saturated heterocycles. The molecule has 0 unspecified atom stereocenters. The molecule has 2 aromatic carbocycles. The molecule has 0 atom stereocenters. The van der Waals surface area contributed by atoms with E-state index in [1.807, 2.05) is 19.1 Å². The minimum atomic E-state index is -3.90. The Bertz CT molecular complexity index is 999. The molecule has 0 saturated carbocycles. The first-order valence-electron chi connectivity index (χ1n) is 8.30. The minimum Gasteiger partial charge on any atom is -0.496 e. The van der Waals surface area contributed by atoms with Crippen LogP contribution >= 0.6 is 0 Å². The maximum absolute atomic E-state index is 12.4. The zero-order chi connectivity index (χ0) is 19.6. The lowest BCUT2D eigenvalue weighted by atomic mass is 10.1. The summed E-state index contributed by atoms with van der Waals surface area (Å²) in [6.07, 6.45) is -0.00816. The maximum Gasteiger partial charge on any atom is 0.310 e. The van der Waals surface area contributed by atoms with Gasteiger partial charge in [-0.25, -0.2) is 12.7 Å². The van der Waals surface area contributed by atoms with Crippen LogP contribution in [0.1, 0.15) is 21.5 Å². The number of amides is 1. The number of nitrogens with zero attached hydrogens (tertiary/aromatic N) is 1. The van der Waals surface area contributed by atoms with E-state index in [1.165, 1.54) is 19.2 Å². The number of benzene rings is 2. The Morgan fingerprint density at radius 2 is 1.89 bits per heavy atom. The zero-order valence-corrected chi connectivity index (χ0v) is 15.8. The number of rotatable bonds is 6. The van der Waals surface area contributed by atoms with Gasteiger partial charge in [0.15, 0.2) is 0 Å². The number of aryl methyl sites for hydroxylation is 1. The van der Waals surface area contributed by atoms with Gasteiger partial charge in [-0.15, -0.1) is 0 Å². The minimum absolute atomic E-state index is 0.00816. The molecule has 0 aromatic heterocycles. The summed E-state index contributed by atoms with van der Waals surface area (Å²) < 4.78 is 36.0. The molecule has 1 heterocycles. The van der Waals surface area contributed by atoms with Gasteiger partial charge < -0.3 is 9.47 Å². The average Bonchev–Trinajstić information content (AvgIpc) is 2.83. The van der Waals surface area contributed by atoms with E-state index >= 15 is 0 Å². The van der Waals surface area contributed by atoms with Gasteiger partial charge in [-0.1, -0.05) is 29.8 Å². The Labute approximate surface area is 157 Å². The maximum atomic E-state index is 12.4. The second-order valence-electron chi connectivity index (χ2n) is 6.09. The lowest BCUT2D eigenvalue weighted by molar-refractivity contribution is -0.142. The van der Waals surface area contributed by atoms with Crippen molar-refractivity contribution in [2.24, 2.45) is 0 Å². The molecule has 0 aliphatic carbocycles. The molecule has 1 aliphatic heterocycles. The van der Waals surface area contributed by atoms with Crippen molar-refractivity contribution in [3.8, 4) is 5.75 Å². The van der Waals surface area contributed by atoms with Gasteiger partial charge in [-0.05, 0) is 25.1 Å². The fourth-order valence-electron chi connectivity index (χ4n) is 2.95. The highest BCUT2D eigenvalue weighted by atomic mass is 32.2. The first-order chi connectivity index (χ1) is 12.8. The normalized spacial score (nSPS) is 14.7. The fraction of sp³-hybridized carbons (Fsp3) is 0.263. The summed E-state index contributed by atoms with van der Waals surface area (Å²) in [5.41, 5.74) is 1.79. The summed E-state index contributed by atoms with van der Waals surface area (Å²) in [4.78, 5) is 24.4. The monoisotopic (exact) mass is 389 g/mol. The number of hydrogen-bond acceptors (Lipinski definition) is 6. The van der Waals surface area contributed by atoms with Crippen LogP contribution in [0.2, 0.25) is 0 Å². The number of sulfonamides is 1. The van der Waals surface area contributed by atoms with Crippen LogP contribution in [0, 0.1) is 6.92 Å². The van der Waals surface area contributed by atoms with Gasteiger partial charge in [0, 0.05) is 5.56 Å². The Morgan fingerprint density at radius 1 is 1.15 bits per heavy atom. The predicted molar refractivity (Wildman–Crippen MR) is 97.1 cm³/mol. The van der Waals surface area contributed by atoms with Crippen molar-refractivity contribution in [2.75, 3.05) is 20.3 Å². The standard InChI is InChI=1S/C19H19NO6S/c1-13-7-8-16(25-2)14(11-13)12-18(21)26-10-9-20-19(22)15-5-3-4-6-17(15)27(20,23)24/h3-8,11H,9-10,12H2,1-2H3. The quantitative estimate of drug-likeness (QED) is 0.702. The molecule has 0 spiro atoms. The topological polar surface area (TPSA) is 90.0 Å². The lowest BCUT2D eigenvalue weighted by Crippen LogP contribution is -2.33. The van der Waals surface area contributed by atoms with Crippen molar-refractivity contribution in [3.63, 3.8) is 0 Å². The molecule has 2 aromatic rings. The number of hydrogen-bond donors (Lipinski definition) is 0. The fourth-order valence-corrected chi connectivity index (χ4v) is 4.50. The molecule has 7 nitrogen and oxygen atoms in total. The molecule has 1 aliphatic rings. The summed E-state index contributed by atoms with van der Waals surface area (Å²) in [6.45, 7) is 1.45. The van der Waals surface area contributed by atoms with Crippen LogP contribution in [-0.4, -0.2) is 44.9 Å². The Kier molecular flexibility index (Phi) is 5.18. The summed E-state index contributed by atoms with van der Waals surface area (Å²) in [5.74, 6) is -0.562. The number of carbonyl (C=O) groups is 2. The molecule has 0 radical (unpaired) electrons. The zero-order valence-electron chi connectivity index (χ0n) is 15.0. The highest BCUT2D eigenvalue weighted by Crippen LogP contribution is 2.29. The van der Waals surface area contributed by atoms with E-state index in [9.17, 15) is 18.0 Å². The largest absolute Gasteiger partial charge is 0.496 e. The van der Waals surface area contributed by atoms with Crippen LogP contribution in [0.3, 0.4) is 0 Å². The summed E-state index contributed by atoms with van der Waals surface area (Å²) in [7, 11) is -2.38. The van der Waals surface area contributed by atoms with E-state index < -0.39 is 21.9 Å². The van der Waals surface area contributed by atoms with Gasteiger partial charge in [-0.2, -0.15) is 0 Å². The number of esters is 1. The number of methoxy groups -OCH3 is 1. The number of fused-ring (bicyclic) bond motifs is 1. The van der Waals surface area contributed by atoms with Crippen molar-refractivity contribution in [1.82, 2.24) is 4.31 Å². The van der Waals surface area contributed by atoms with Gasteiger partial charge in [0.2, 0.25) is 0 Å². The first-order valence-corrected chi connectivity index (χ1v) is 9.74.